The van der Waals surface area contributed by atoms with Gasteiger partial charge in [-0.3, -0.25) is 14.3 Å². The Morgan fingerprint density at radius 2 is 2.05 bits per heavy atom. The van der Waals surface area contributed by atoms with Gasteiger partial charge in [0.1, 0.15) is 6.26 Å². The fraction of sp³-hybridized carbons (Fsp3) is 0.214. The number of sulfonamides is 1. The number of benzene rings is 1. The predicted molar refractivity (Wildman–Crippen MR) is 77.8 cm³/mol. The molecule has 0 bridgehead atoms. The average Bonchev–Trinajstić information content (AvgIpc) is 2.98. The molecule has 1 aromatic heterocycles. The maximum Gasteiger partial charge on any atom is 0.268 e. The molecule has 0 saturated carbocycles. The van der Waals surface area contributed by atoms with Crippen molar-refractivity contribution in [3.05, 3.63) is 53.7 Å². The van der Waals surface area contributed by atoms with Crippen LogP contribution in [0.4, 0.5) is 0 Å². The minimum Gasteiger partial charge on any atom is -0.442 e. The van der Waals surface area contributed by atoms with E-state index in [0.717, 1.165) is 6.26 Å². The van der Waals surface area contributed by atoms with Crippen LogP contribution in [0.1, 0.15) is 34.7 Å². The van der Waals surface area contributed by atoms with Gasteiger partial charge in [0.05, 0.1) is 18.4 Å². The van der Waals surface area contributed by atoms with Gasteiger partial charge in [-0.2, -0.15) is 0 Å². The van der Waals surface area contributed by atoms with Gasteiger partial charge < -0.3 is 4.42 Å². The maximum atomic E-state index is 12.1. The summed E-state index contributed by atoms with van der Waals surface area (Å²) in [5.74, 6) is -1.86. The summed E-state index contributed by atoms with van der Waals surface area (Å²) < 4.78 is 29.1. The zero-order chi connectivity index (χ0) is 16.3. The highest BCUT2D eigenvalue weighted by molar-refractivity contribution is 7.89. The number of aromatic nitrogens is 1. The fourth-order valence-corrected chi connectivity index (χ4v) is 2.37. The van der Waals surface area contributed by atoms with Gasteiger partial charge in [0, 0.05) is 5.56 Å². The van der Waals surface area contributed by atoms with E-state index in [9.17, 15) is 18.0 Å². The number of carbonyl (C=O) groups is 2. The Labute approximate surface area is 127 Å². The van der Waals surface area contributed by atoms with Gasteiger partial charge in [0.25, 0.3) is 5.89 Å². The van der Waals surface area contributed by atoms with Crippen LogP contribution in [0, 0.1) is 0 Å². The number of amides is 1. The molecule has 1 unspecified atom stereocenters. The van der Waals surface area contributed by atoms with E-state index in [0.29, 0.717) is 11.1 Å². The van der Waals surface area contributed by atoms with Crippen molar-refractivity contribution >= 4 is 21.7 Å². The van der Waals surface area contributed by atoms with Gasteiger partial charge in [-0.1, -0.05) is 18.2 Å². The summed E-state index contributed by atoms with van der Waals surface area (Å²) in [6.45, 7) is 1.55. The molecule has 116 valence electrons. The van der Waals surface area contributed by atoms with E-state index in [4.69, 9.17) is 4.42 Å². The molecule has 0 radical (unpaired) electrons. The highest BCUT2D eigenvalue weighted by Gasteiger charge is 2.20. The smallest absolute Gasteiger partial charge is 0.268 e. The third-order valence-corrected chi connectivity index (χ3v) is 3.53. The van der Waals surface area contributed by atoms with Crippen molar-refractivity contribution in [2.24, 2.45) is 0 Å². The van der Waals surface area contributed by atoms with Crippen LogP contribution in [0.25, 0.3) is 0 Å². The summed E-state index contributed by atoms with van der Waals surface area (Å²) in [6, 6.07) is 6.32. The second-order valence-corrected chi connectivity index (χ2v) is 6.50. The van der Waals surface area contributed by atoms with E-state index in [1.807, 2.05) is 4.72 Å². The fourth-order valence-electron chi connectivity index (χ4n) is 1.83. The molecule has 22 heavy (non-hydrogen) atoms. The van der Waals surface area contributed by atoms with Gasteiger partial charge in [-0.05, 0) is 18.6 Å². The summed E-state index contributed by atoms with van der Waals surface area (Å²) in [5.41, 5.74) is 0.817. The van der Waals surface area contributed by atoms with Gasteiger partial charge in [0.2, 0.25) is 21.7 Å². The molecule has 1 atom stereocenters. The van der Waals surface area contributed by atoms with Crippen LogP contribution in [0.15, 0.2) is 41.1 Å². The van der Waals surface area contributed by atoms with Crippen molar-refractivity contribution in [3.63, 3.8) is 0 Å². The first-order valence-corrected chi connectivity index (χ1v) is 8.23. The van der Waals surface area contributed by atoms with Crippen LogP contribution in [-0.2, 0) is 14.8 Å². The summed E-state index contributed by atoms with van der Waals surface area (Å²) in [7, 11) is -3.63. The Bertz CT molecular complexity index is 796. The Hall–Kier alpha value is -2.48. The van der Waals surface area contributed by atoms with Crippen molar-refractivity contribution in [2.45, 2.75) is 12.8 Å². The summed E-state index contributed by atoms with van der Waals surface area (Å²) >= 11 is 0. The average molecular weight is 322 g/mol. The minimum atomic E-state index is -3.63. The van der Waals surface area contributed by atoms with E-state index >= 15 is 0 Å². The molecule has 1 heterocycles. The Kier molecular flexibility index (Phi) is 4.41. The number of carbonyl (C=O) groups excluding carboxylic acids is 2. The number of nitrogens with one attached hydrogen (secondary N) is 1. The third-order valence-electron chi connectivity index (χ3n) is 2.95. The van der Waals surface area contributed by atoms with Crippen molar-refractivity contribution in [1.82, 2.24) is 9.71 Å². The van der Waals surface area contributed by atoms with E-state index in [-0.39, 0.29) is 5.89 Å². The molecule has 1 amide bonds. The van der Waals surface area contributed by atoms with Crippen LogP contribution >= 0.6 is 0 Å². The number of hydrogen-bond acceptors (Lipinski definition) is 6. The van der Waals surface area contributed by atoms with Crippen molar-refractivity contribution in [2.75, 3.05) is 6.26 Å². The highest BCUT2D eigenvalue weighted by Crippen LogP contribution is 2.18. The molecule has 0 aliphatic rings. The molecule has 0 aliphatic carbocycles. The van der Waals surface area contributed by atoms with Crippen molar-refractivity contribution in [3.8, 4) is 0 Å². The topological polar surface area (TPSA) is 106 Å². The monoisotopic (exact) mass is 322 g/mol. The van der Waals surface area contributed by atoms with E-state index < -0.39 is 27.6 Å². The lowest BCUT2D eigenvalue weighted by Gasteiger charge is -2.12. The number of nitrogens with zero attached hydrogens (tertiary/aromatic N) is 1. The van der Waals surface area contributed by atoms with Crippen LogP contribution in [0.2, 0.25) is 0 Å². The standard InChI is InChI=1S/C14H14N2O5S/c1-9(13(18)16-22(2,19)20)10-4-3-5-11(8-10)12(17)14-15-6-7-21-14/h3-9H,1-2H3,(H,16,18). The van der Waals surface area contributed by atoms with Crippen LogP contribution in [0.3, 0.4) is 0 Å². The van der Waals surface area contributed by atoms with Gasteiger partial charge >= 0.3 is 0 Å². The Morgan fingerprint density at radius 1 is 1.32 bits per heavy atom. The SMILES string of the molecule is CC(C(=O)NS(C)(=O)=O)c1cccc(C(=O)c2ncco2)c1. The van der Waals surface area contributed by atoms with Crippen molar-refractivity contribution < 1.29 is 22.4 Å². The molecule has 0 spiro atoms. The second kappa shape index (κ2) is 6.10. The molecule has 0 fully saturated rings. The molecule has 8 heteroatoms. The van der Waals surface area contributed by atoms with Crippen LogP contribution in [0.5, 0.6) is 0 Å². The Balaban J connectivity index is 2.25. The predicted octanol–water partition coefficient (Wildman–Crippen LogP) is 1.08. The minimum absolute atomic E-state index is 0.0506. The first-order valence-electron chi connectivity index (χ1n) is 6.33. The third kappa shape index (κ3) is 3.79. The molecule has 7 nitrogen and oxygen atoms in total. The van der Waals surface area contributed by atoms with Gasteiger partial charge in [0.15, 0.2) is 0 Å². The van der Waals surface area contributed by atoms with Crippen LogP contribution < -0.4 is 4.72 Å². The first kappa shape index (κ1) is 15.9. The maximum absolute atomic E-state index is 12.1. The molecule has 2 rings (SSSR count). The lowest BCUT2D eigenvalue weighted by Crippen LogP contribution is -2.32. The summed E-state index contributed by atoms with van der Waals surface area (Å²) in [4.78, 5) is 27.8. The number of rotatable bonds is 5. The van der Waals surface area contributed by atoms with E-state index in [1.54, 1.807) is 25.1 Å². The summed E-state index contributed by atoms with van der Waals surface area (Å²) in [5, 5.41) is 0. The quantitative estimate of drug-likeness (QED) is 0.826. The van der Waals surface area contributed by atoms with Crippen molar-refractivity contribution in [1.29, 1.82) is 0 Å². The number of oxazole rings is 1. The molecule has 1 N–H and O–H groups in total. The molecule has 0 aliphatic heterocycles. The number of hydrogen-bond donors (Lipinski definition) is 1. The van der Waals surface area contributed by atoms with E-state index in [1.165, 1.54) is 18.5 Å². The van der Waals surface area contributed by atoms with Gasteiger partial charge in [-0.15, -0.1) is 0 Å². The first-order chi connectivity index (χ1) is 10.3. The normalized spacial score (nSPS) is 12.6. The summed E-state index contributed by atoms with van der Waals surface area (Å²) in [6.07, 6.45) is 3.55. The lowest BCUT2D eigenvalue weighted by atomic mass is 9.97. The Morgan fingerprint density at radius 3 is 2.64 bits per heavy atom. The van der Waals surface area contributed by atoms with Crippen LogP contribution in [-0.4, -0.2) is 31.3 Å². The largest absolute Gasteiger partial charge is 0.442 e. The molecule has 2 aromatic rings. The second-order valence-electron chi connectivity index (χ2n) is 4.75. The molecular weight excluding hydrogens is 308 g/mol. The zero-order valence-electron chi connectivity index (χ0n) is 11.9. The van der Waals surface area contributed by atoms with Gasteiger partial charge in [-0.25, -0.2) is 13.4 Å². The van der Waals surface area contributed by atoms with E-state index in [2.05, 4.69) is 4.98 Å². The molecule has 0 saturated heterocycles. The molecule has 1 aromatic carbocycles. The molecular formula is C14H14N2O5S. The lowest BCUT2D eigenvalue weighted by molar-refractivity contribution is -0.120. The zero-order valence-corrected chi connectivity index (χ0v) is 12.8. The number of ketones is 1. The highest BCUT2D eigenvalue weighted by atomic mass is 32.2.